The fraction of sp³-hybridized carbons (Fsp3) is 0.200. The van der Waals surface area contributed by atoms with Crippen molar-refractivity contribution in [1.29, 1.82) is 0 Å². The molecule has 0 fully saturated rings. The second-order valence-corrected chi connectivity index (χ2v) is 6.20. The first-order valence-corrected chi connectivity index (χ1v) is 7.58. The van der Waals surface area contributed by atoms with Crippen molar-refractivity contribution in [3.63, 3.8) is 0 Å². The molecule has 1 nitrogen and oxygen atoms in total. The first-order valence-electron chi connectivity index (χ1n) is 5.99. The van der Waals surface area contributed by atoms with Gasteiger partial charge < -0.3 is 5.73 Å². The normalized spacial score (nSPS) is 12.4. The van der Waals surface area contributed by atoms with Gasteiger partial charge >= 0.3 is 0 Å². The van der Waals surface area contributed by atoms with Gasteiger partial charge in [-0.3, -0.25) is 0 Å². The van der Waals surface area contributed by atoms with Crippen LogP contribution in [0.3, 0.4) is 0 Å². The highest BCUT2D eigenvalue weighted by Crippen LogP contribution is 2.22. The molecule has 2 aromatic carbocycles. The first kappa shape index (κ1) is 14.7. The highest BCUT2D eigenvalue weighted by Gasteiger charge is 2.10. The molecule has 0 aliphatic heterocycles. The summed E-state index contributed by atoms with van der Waals surface area (Å²) < 4.78 is 14.9. The van der Waals surface area contributed by atoms with Gasteiger partial charge in [0.2, 0.25) is 0 Å². The maximum absolute atomic E-state index is 13.0. The standard InChI is InChI=1S/C15H14Br2FN/c16-14-4-2-1-3-10(14)7-13(19)8-11-5-6-12(18)9-15(11)17/h1-6,9,13H,7-8,19H2. The van der Waals surface area contributed by atoms with E-state index in [1.54, 1.807) is 6.07 Å². The lowest BCUT2D eigenvalue weighted by Crippen LogP contribution is -2.25. The molecule has 1 atom stereocenters. The summed E-state index contributed by atoms with van der Waals surface area (Å²) in [6.07, 6.45) is 1.49. The summed E-state index contributed by atoms with van der Waals surface area (Å²) in [7, 11) is 0. The van der Waals surface area contributed by atoms with Crippen LogP contribution in [0.5, 0.6) is 0 Å². The van der Waals surface area contributed by atoms with Crippen molar-refractivity contribution in [2.75, 3.05) is 0 Å². The van der Waals surface area contributed by atoms with E-state index in [-0.39, 0.29) is 11.9 Å². The SMILES string of the molecule is NC(Cc1ccccc1Br)Cc1ccc(F)cc1Br. The minimum Gasteiger partial charge on any atom is -0.327 e. The highest BCUT2D eigenvalue weighted by molar-refractivity contribution is 9.10. The molecule has 2 rings (SSSR count). The van der Waals surface area contributed by atoms with Gasteiger partial charge in [0.1, 0.15) is 5.82 Å². The smallest absolute Gasteiger partial charge is 0.124 e. The van der Waals surface area contributed by atoms with Crippen LogP contribution >= 0.6 is 31.9 Å². The summed E-state index contributed by atoms with van der Waals surface area (Å²) in [4.78, 5) is 0. The average Bonchev–Trinajstić information content (AvgIpc) is 2.36. The van der Waals surface area contributed by atoms with E-state index in [2.05, 4.69) is 37.9 Å². The van der Waals surface area contributed by atoms with Crippen LogP contribution in [0.4, 0.5) is 4.39 Å². The second kappa shape index (κ2) is 6.64. The van der Waals surface area contributed by atoms with E-state index in [9.17, 15) is 4.39 Å². The largest absolute Gasteiger partial charge is 0.327 e. The van der Waals surface area contributed by atoms with Gasteiger partial charge in [-0.2, -0.15) is 0 Å². The Morgan fingerprint density at radius 2 is 1.58 bits per heavy atom. The number of nitrogens with two attached hydrogens (primary N) is 1. The monoisotopic (exact) mass is 385 g/mol. The van der Waals surface area contributed by atoms with Crippen LogP contribution in [0.15, 0.2) is 51.4 Å². The molecule has 0 saturated heterocycles. The molecule has 1 unspecified atom stereocenters. The fourth-order valence-electron chi connectivity index (χ4n) is 1.99. The van der Waals surface area contributed by atoms with E-state index in [1.807, 2.05) is 18.2 Å². The summed E-state index contributed by atoms with van der Waals surface area (Å²) >= 11 is 6.89. The summed E-state index contributed by atoms with van der Waals surface area (Å²) in [5.74, 6) is -0.241. The molecule has 19 heavy (non-hydrogen) atoms. The van der Waals surface area contributed by atoms with Crippen molar-refractivity contribution in [2.24, 2.45) is 5.73 Å². The molecule has 0 bridgehead atoms. The zero-order chi connectivity index (χ0) is 13.8. The maximum atomic E-state index is 13.0. The molecule has 100 valence electrons. The van der Waals surface area contributed by atoms with Crippen LogP contribution in [0.1, 0.15) is 11.1 Å². The number of rotatable bonds is 4. The van der Waals surface area contributed by atoms with Crippen molar-refractivity contribution in [3.05, 3.63) is 68.4 Å². The van der Waals surface area contributed by atoms with Crippen molar-refractivity contribution < 1.29 is 4.39 Å². The number of benzene rings is 2. The molecule has 0 aliphatic rings. The topological polar surface area (TPSA) is 26.0 Å². The van der Waals surface area contributed by atoms with Crippen molar-refractivity contribution >= 4 is 31.9 Å². The molecular weight excluding hydrogens is 373 g/mol. The Kier molecular flexibility index (Phi) is 5.13. The van der Waals surface area contributed by atoms with Gasteiger partial charge in [-0.1, -0.05) is 56.1 Å². The molecule has 0 amide bonds. The summed E-state index contributed by atoms with van der Waals surface area (Å²) in [6.45, 7) is 0. The van der Waals surface area contributed by atoms with Crippen molar-refractivity contribution in [3.8, 4) is 0 Å². The highest BCUT2D eigenvalue weighted by atomic mass is 79.9. The lowest BCUT2D eigenvalue weighted by molar-refractivity contribution is 0.622. The van der Waals surface area contributed by atoms with Crippen LogP contribution in [0.25, 0.3) is 0 Å². The third kappa shape index (κ3) is 4.13. The summed E-state index contributed by atoms with van der Waals surface area (Å²) in [5.41, 5.74) is 8.39. The summed E-state index contributed by atoms with van der Waals surface area (Å²) in [6, 6.07) is 12.8. The molecule has 2 aromatic rings. The lowest BCUT2D eigenvalue weighted by Gasteiger charge is -2.14. The molecule has 4 heteroatoms. The van der Waals surface area contributed by atoms with Gasteiger partial charge in [0.25, 0.3) is 0 Å². The fourth-order valence-corrected chi connectivity index (χ4v) is 2.95. The van der Waals surface area contributed by atoms with E-state index in [1.165, 1.54) is 17.7 Å². The van der Waals surface area contributed by atoms with Crippen molar-refractivity contribution in [1.82, 2.24) is 0 Å². The Morgan fingerprint density at radius 1 is 0.947 bits per heavy atom. The second-order valence-electron chi connectivity index (χ2n) is 4.50. The lowest BCUT2D eigenvalue weighted by atomic mass is 10.00. The molecule has 2 N–H and O–H groups in total. The first-order chi connectivity index (χ1) is 9.06. The Morgan fingerprint density at radius 3 is 2.21 bits per heavy atom. The van der Waals surface area contributed by atoms with Gasteiger partial charge in [0.15, 0.2) is 0 Å². The Labute approximate surface area is 129 Å². The molecule has 0 heterocycles. The Hall–Kier alpha value is -0.710. The quantitative estimate of drug-likeness (QED) is 0.824. The van der Waals surface area contributed by atoms with Crippen LogP contribution in [-0.4, -0.2) is 6.04 Å². The zero-order valence-corrected chi connectivity index (χ0v) is 13.4. The number of halogens is 3. The minimum absolute atomic E-state index is 0.000427. The summed E-state index contributed by atoms with van der Waals surface area (Å²) in [5, 5.41) is 0. The Bertz CT molecular complexity index is 572. The molecule has 0 radical (unpaired) electrons. The van der Waals surface area contributed by atoms with Crippen LogP contribution in [-0.2, 0) is 12.8 Å². The molecule has 0 aromatic heterocycles. The van der Waals surface area contributed by atoms with Crippen LogP contribution in [0.2, 0.25) is 0 Å². The van der Waals surface area contributed by atoms with E-state index >= 15 is 0 Å². The zero-order valence-electron chi connectivity index (χ0n) is 10.2. The molecule has 0 saturated carbocycles. The third-order valence-corrected chi connectivity index (χ3v) is 4.45. The van der Waals surface area contributed by atoms with Gasteiger partial charge in [0.05, 0.1) is 0 Å². The van der Waals surface area contributed by atoms with Crippen LogP contribution in [0, 0.1) is 5.82 Å². The minimum atomic E-state index is -0.241. The van der Waals surface area contributed by atoms with E-state index in [4.69, 9.17) is 5.73 Å². The number of hydrogen-bond acceptors (Lipinski definition) is 1. The molecule has 0 spiro atoms. The Balaban J connectivity index is 2.05. The van der Waals surface area contributed by atoms with E-state index in [0.29, 0.717) is 6.42 Å². The van der Waals surface area contributed by atoms with Gasteiger partial charge in [0, 0.05) is 15.0 Å². The van der Waals surface area contributed by atoms with Gasteiger partial charge in [-0.15, -0.1) is 0 Å². The average molecular weight is 387 g/mol. The van der Waals surface area contributed by atoms with E-state index < -0.39 is 0 Å². The van der Waals surface area contributed by atoms with Crippen LogP contribution < -0.4 is 5.73 Å². The van der Waals surface area contributed by atoms with Crippen molar-refractivity contribution in [2.45, 2.75) is 18.9 Å². The molecule has 0 aliphatic carbocycles. The third-order valence-electron chi connectivity index (χ3n) is 2.94. The molecular formula is C15H14Br2FN. The van der Waals surface area contributed by atoms with E-state index in [0.717, 1.165) is 20.9 Å². The predicted molar refractivity (Wildman–Crippen MR) is 83.6 cm³/mol. The number of hydrogen-bond donors (Lipinski definition) is 1. The maximum Gasteiger partial charge on any atom is 0.124 e. The van der Waals surface area contributed by atoms with Gasteiger partial charge in [-0.05, 0) is 42.2 Å². The predicted octanol–water partition coefficient (Wildman–Crippen LogP) is 4.46. The van der Waals surface area contributed by atoms with Gasteiger partial charge in [-0.25, -0.2) is 4.39 Å².